The van der Waals surface area contributed by atoms with Crippen molar-refractivity contribution in [3.05, 3.63) is 176 Å². The van der Waals surface area contributed by atoms with Crippen LogP contribution in [0.25, 0.3) is 86.3 Å². The van der Waals surface area contributed by atoms with Gasteiger partial charge >= 0.3 is 286 Å². The average molecular weight is 691 g/mol. The molecule has 2 heterocycles. The zero-order chi connectivity index (χ0) is 32.6. The molecule has 0 aliphatic rings. The summed E-state index contributed by atoms with van der Waals surface area (Å²) in [5.41, 5.74) is 12.5. The summed E-state index contributed by atoms with van der Waals surface area (Å²) < 4.78 is 2.83. The van der Waals surface area contributed by atoms with Crippen LogP contribution in [0.1, 0.15) is 0 Å². The second-order valence-electron chi connectivity index (χ2n) is 12.0. The van der Waals surface area contributed by atoms with Gasteiger partial charge in [-0.25, -0.2) is 0 Å². The van der Waals surface area contributed by atoms with Gasteiger partial charge in [-0.3, -0.25) is 0 Å². The van der Waals surface area contributed by atoms with Crippen molar-refractivity contribution in [3.8, 4) is 67.0 Å². The van der Waals surface area contributed by atoms with Crippen molar-refractivity contribution < 1.29 is 0 Å². The molecule has 0 saturated carbocycles. The molecule has 0 atom stereocenters. The minimum absolute atomic E-state index is 0.246. The molecule has 3 nitrogen and oxygen atoms in total. The molecule has 0 unspecified atom stereocenters. The molecule has 9 aromatic rings. The quantitative estimate of drug-likeness (QED) is 0.163. The third-order valence-corrected chi connectivity index (χ3v) is 11.6. The van der Waals surface area contributed by atoms with E-state index in [0.29, 0.717) is 0 Å². The van der Waals surface area contributed by atoms with E-state index in [9.17, 15) is 0 Å². The standard InChI is InChI=1S/C45H29N3Se/c1-4-16-30(17-5-1)33-22-10-11-23-35(33)43-44(32-20-8-3-9-21-32)46-48-47-45(43)42-34(31-18-6-2-7-19-31)25-14-26-37(42)36-27-15-29-40-41(36)38-24-12-13-28-39(38)49-40/h1-29H. The van der Waals surface area contributed by atoms with E-state index in [2.05, 4.69) is 175 Å². The first-order valence-corrected chi connectivity index (χ1v) is 18.1. The minimum atomic E-state index is 0.246. The number of aromatic nitrogens is 3. The number of fused-ring (bicyclic) bond motifs is 3. The molecule has 4 heteroatoms. The van der Waals surface area contributed by atoms with Gasteiger partial charge in [0.2, 0.25) is 0 Å². The van der Waals surface area contributed by atoms with Crippen molar-refractivity contribution in [2.24, 2.45) is 0 Å². The molecule has 0 radical (unpaired) electrons. The van der Waals surface area contributed by atoms with Crippen LogP contribution >= 0.6 is 0 Å². The van der Waals surface area contributed by atoms with E-state index in [1.165, 1.54) is 24.9 Å². The van der Waals surface area contributed by atoms with Crippen LogP contribution in [0, 0.1) is 0 Å². The molecule has 0 aliphatic carbocycles. The summed E-state index contributed by atoms with van der Waals surface area (Å²) in [4.78, 5) is 0. The third-order valence-electron chi connectivity index (χ3n) is 9.17. The molecule has 2 aromatic heterocycles. The maximum atomic E-state index is 5.00. The number of rotatable bonds is 6. The number of benzene rings is 7. The van der Waals surface area contributed by atoms with Gasteiger partial charge in [-0.1, -0.05) is 6.07 Å². The van der Waals surface area contributed by atoms with Crippen LogP contribution in [0.2, 0.25) is 0 Å². The van der Waals surface area contributed by atoms with E-state index in [4.69, 9.17) is 10.2 Å². The third kappa shape index (κ3) is 5.19. The van der Waals surface area contributed by atoms with Crippen molar-refractivity contribution in [3.63, 3.8) is 0 Å². The maximum absolute atomic E-state index is 5.00. The van der Waals surface area contributed by atoms with Crippen LogP contribution in [0.3, 0.4) is 0 Å². The SMILES string of the molecule is c1ccc(-c2ccccc2-c2c(-c3ccccc3)nnnc2-c2c(-c3ccccc3)cccc2-c2cccc3[se]c4ccccc4c23)cc1. The average Bonchev–Trinajstić information content (AvgIpc) is 3.57. The monoisotopic (exact) mass is 691 g/mol. The summed E-state index contributed by atoms with van der Waals surface area (Å²) in [6.45, 7) is 0. The van der Waals surface area contributed by atoms with Gasteiger partial charge in [0.05, 0.1) is 0 Å². The van der Waals surface area contributed by atoms with E-state index >= 15 is 0 Å². The van der Waals surface area contributed by atoms with Crippen molar-refractivity contribution in [1.29, 1.82) is 0 Å². The van der Waals surface area contributed by atoms with Crippen molar-refractivity contribution in [2.75, 3.05) is 0 Å². The van der Waals surface area contributed by atoms with Crippen molar-refractivity contribution in [2.45, 2.75) is 0 Å². The fourth-order valence-corrected chi connectivity index (χ4v) is 9.39. The zero-order valence-corrected chi connectivity index (χ0v) is 28.2. The van der Waals surface area contributed by atoms with E-state index in [1.807, 2.05) is 6.07 Å². The van der Waals surface area contributed by atoms with Gasteiger partial charge < -0.3 is 0 Å². The van der Waals surface area contributed by atoms with Crippen LogP contribution in [-0.4, -0.2) is 29.9 Å². The molecule has 49 heavy (non-hydrogen) atoms. The normalized spacial score (nSPS) is 11.3. The number of nitrogens with zero attached hydrogens (tertiary/aromatic N) is 3. The molecular formula is C45H29N3Se. The van der Waals surface area contributed by atoms with Gasteiger partial charge in [0.1, 0.15) is 0 Å². The van der Waals surface area contributed by atoms with E-state index < -0.39 is 0 Å². The fourth-order valence-electron chi connectivity index (χ4n) is 7.01. The summed E-state index contributed by atoms with van der Waals surface area (Å²) in [5, 5.41) is 16.9. The van der Waals surface area contributed by atoms with Crippen LogP contribution in [0.15, 0.2) is 176 Å². The molecule has 0 N–H and O–H groups in total. The van der Waals surface area contributed by atoms with Gasteiger partial charge in [-0.05, 0) is 0 Å². The van der Waals surface area contributed by atoms with Gasteiger partial charge in [0.25, 0.3) is 0 Å². The first-order valence-electron chi connectivity index (χ1n) is 16.4. The topological polar surface area (TPSA) is 38.7 Å². The molecule has 0 saturated heterocycles. The van der Waals surface area contributed by atoms with Crippen LogP contribution in [0.5, 0.6) is 0 Å². The zero-order valence-electron chi connectivity index (χ0n) is 26.5. The molecule has 9 rings (SSSR count). The molecule has 0 spiro atoms. The summed E-state index contributed by atoms with van der Waals surface area (Å²) in [5.74, 6) is 0. The van der Waals surface area contributed by atoms with Gasteiger partial charge in [0, 0.05) is 0 Å². The summed E-state index contributed by atoms with van der Waals surface area (Å²) >= 11 is 0.246. The second-order valence-corrected chi connectivity index (χ2v) is 14.3. The van der Waals surface area contributed by atoms with Crippen LogP contribution < -0.4 is 0 Å². The molecule has 0 aliphatic heterocycles. The Morgan fingerprint density at radius 1 is 0.327 bits per heavy atom. The van der Waals surface area contributed by atoms with Crippen LogP contribution in [-0.2, 0) is 0 Å². The Kier molecular flexibility index (Phi) is 7.51. The number of hydrogen-bond acceptors (Lipinski definition) is 3. The number of hydrogen-bond donors (Lipinski definition) is 0. The molecule has 0 fully saturated rings. The van der Waals surface area contributed by atoms with Crippen LogP contribution in [0.4, 0.5) is 0 Å². The van der Waals surface area contributed by atoms with Crippen molar-refractivity contribution in [1.82, 2.24) is 15.4 Å². The van der Waals surface area contributed by atoms with E-state index in [-0.39, 0.29) is 14.5 Å². The molecule has 0 bridgehead atoms. The Hall–Kier alpha value is -5.93. The Morgan fingerprint density at radius 3 is 1.59 bits per heavy atom. The summed E-state index contributed by atoms with van der Waals surface area (Å²) in [7, 11) is 0. The van der Waals surface area contributed by atoms with E-state index in [0.717, 1.165) is 61.5 Å². The Bertz CT molecular complexity index is 2590. The summed E-state index contributed by atoms with van der Waals surface area (Å²) in [6.07, 6.45) is 0. The summed E-state index contributed by atoms with van der Waals surface area (Å²) in [6, 6.07) is 62.4. The molecular weight excluding hydrogens is 661 g/mol. The predicted octanol–water partition coefficient (Wildman–Crippen LogP) is 11.2. The first kappa shape index (κ1) is 29.2. The Labute approximate surface area is 290 Å². The van der Waals surface area contributed by atoms with Gasteiger partial charge in [-0.2, -0.15) is 0 Å². The predicted molar refractivity (Wildman–Crippen MR) is 204 cm³/mol. The molecule has 230 valence electrons. The molecule has 0 amide bonds. The van der Waals surface area contributed by atoms with Gasteiger partial charge in [0.15, 0.2) is 0 Å². The first-order chi connectivity index (χ1) is 24.3. The Balaban J connectivity index is 1.43. The Morgan fingerprint density at radius 2 is 0.837 bits per heavy atom. The molecule has 7 aromatic carbocycles. The van der Waals surface area contributed by atoms with Gasteiger partial charge in [-0.15, -0.1) is 0 Å². The van der Waals surface area contributed by atoms with Crippen molar-refractivity contribution >= 4 is 33.8 Å². The second kappa shape index (κ2) is 12.6. The fraction of sp³-hybridized carbons (Fsp3) is 0. The van der Waals surface area contributed by atoms with E-state index in [1.54, 1.807) is 0 Å².